The zero-order valence-electron chi connectivity index (χ0n) is 17.5. The van der Waals surface area contributed by atoms with E-state index in [1.54, 1.807) is 18.7 Å². The van der Waals surface area contributed by atoms with E-state index >= 15 is 0 Å². The van der Waals surface area contributed by atoms with Crippen molar-refractivity contribution in [2.45, 2.75) is 38.9 Å². The Hall–Kier alpha value is -2.68. The summed E-state index contributed by atoms with van der Waals surface area (Å²) in [6, 6.07) is 4.91. The third kappa shape index (κ3) is 4.26. The van der Waals surface area contributed by atoms with Gasteiger partial charge < -0.3 is 9.80 Å². The van der Waals surface area contributed by atoms with Crippen molar-refractivity contribution in [2.75, 3.05) is 27.2 Å². The maximum Gasteiger partial charge on any atom is 0.416 e. The number of Topliss-reactive ketones (excluding diaryl/α,β-unsaturated/α-hetero) is 1. The first kappa shape index (κ1) is 22.0. The molecule has 162 valence electrons. The Morgan fingerprint density at radius 3 is 2.53 bits per heavy atom. The maximum atomic E-state index is 13.1. The van der Waals surface area contributed by atoms with E-state index in [4.69, 9.17) is 0 Å². The van der Waals surface area contributed by atoms with Gasteiger partial charge in [0.25, 0.3) is 11.7 Å². The summed E-state index contributed by atoms with van der Waals surface area (Å²) in [5.74, 6) is -1.28. The van der Waals surface area contributed by atoms with Gasteiger partial charge in [0.15, 0.2) is 0 Å². The summed E-state index contributed by atoms with van der Waals surface area (Å²) in [7, 11) is 3.88. The minimum absolute atomic E-state index is 0.143. The highest BCUT2D eigenvalue weighted by Crippen LogP contribution is 2.31. The van der Waals surface area contributed by atoms with Crippen molar-refractivity contribution in [3.63, 3.8) is 0 Å². The number of halogens is 3. The van der Waals surface area contributed by atoms with E-state index in [0.717, 1.165) is 25.0 Å². The number of ketones is 1. The molecule has 1 atom stereocenters. The van der Waals surface area contributed by atoms with Crippen LogP contribution in [0.25, 0.3) is 5.69 Å². The number of aromatic nitrogens is 2. The molecule has 0 aliphatic carbocycles. The van der Waals surface area contributed by atoms with E-state index < -0.39 is 23.4 Å². The largest absolute Gasteiger partial charge is 0.416 e. The molecule has 0 radical (unpaired) electrons. The number of alkyl halides is 3. The number of hydrogen-bond donors (Lipinski definition) is 0. The zero-order chi connectivity index (χ0) is 22.2. The van der Waals surface area contributed by atoms with E-state index in [0.29, 0.717) is 24.5 Å². The van der Waals surface area contributed by atoms with Crippen molar-refractivity contribution >= 4 is 11.7 Å². The van der Waals surface area contributed by atoms with Crippen LogP contribution in [-0.2, 0) is 11.0 Å². The summed E-state index contributed by atoms with van der Waals surface area (Å²) in [5, 5.41) is 4.24. The molecule has 0 spiro atoms. The second-order valence-corrected chi connectivity index (χ2v) is 7.85. The summed E-state index contributed by atoms with van der Waals surface area (Å²) in [6.45, 7) is 4.14. The molecule has 30 heavy (non-hydrogen) atoms. The Morgan fingerprint density at radius 1 is 1.20 bits per heavy atom. The standard InChI is InChI=1S/C21H25F3N4O2/c1-13-18(19(29)20(30)27-10-6-9-17(12-27)26(3)4)14(2)28(25-13)16-8-5-7-15(11-16)21(22,23)24/h5,7-8,11,17H,6,9-10,12H2,1-4H3. The van der Waals surface area contributed by atoms with E-state index in [9.17, 15) is 22.8 Å². The molecule has 0 saturated carbocycles. The Balaban J connectivity index is 1.90. The molecule has 1 amide bonds. The lowest BCUT2D eigenvalue weighted by molar-refractivity contribution is -0.137. The van der Waals surface area contributed by atoms with Crippen LogP contribution in [0.1, 0.15) is 40.2 Å². The molecule has 3 rings (SSSR count). The number of nitrogens with zero attached hydrogens (tertiary/aromatic N) is 4. The molecular weight excluding hydrogens is 397 g/mol. The predicted molar refractivity (Wildman–Crippen MR) is 106 cm³/mol. The van der Waals surface area contributed by atoms with E-state index in [1.165, 1.54) is 16.8 Å². The molecule has 1 fully saturated rings. The first-order valence-corrected chi connectivity index (χ1v) is 9.74. The van der Waals surface area contributed by atoms with Gasteiger partial charge in [-0.15, -0.1) is 0 Å². The normalized spacial score (nSPS) is 17.5. The fourth-order valence-corrected chi connectivity index (χ4v) is 3.85. The third-order valence-corrected chi connectivity index (χ3v) is 5.54. The second-order valence-electron chi connectivity index (χ2n) is 7.85. The van der Waals surface area contributed by atoms with E-state index in [2.05, 4.69) is 5.10 Å². The molecule has 1 unspecified atom stereocenters. The number of benzene rings is 1. The number of rotatable bonds is 4. The minimum atomic E-state index is -4.49. The number of hydrogen-bond acceptors (Lipinski definition) is 4. The molecule has 2 aromatic rings. The summed E-state index contributed by atoms with van der Waals surface area (Å²) < 4.78 is 40.5. The lowest BCUT2D eigenvalue weighted by Gasteiger charge is -2.35. The fourth-order valence-electron chi connectivity index (χ4n) is 3.85. The molecule has 1 aliphatic rings. The molecule has 9 heteroatoms. The van der Waals surface area contributed by atoms with Crippen molar-refractivity contribution < 1.29 is 22.8 Å². The Labute approximate surface area is 173 Å². The number of carbonyl (C=O) groups excluding carboxylic acids is 2. The lowest BCUT2D eigenvalue weighted by Crippen LogP contribution is -2.49. The van der Waals surface area contributed by atoms with Gasteiger partial charge in [0.2, 0.25) is 0 Å². The van der Waals surface area contributed by atoms with Crippen LogP contribution >= 0.6 is 0 Å². The predicted octanol–water partition coefficient (Wildman–Crippen LogP) is 3.24. The third-order valence-electron chi connectivity index (χ3n) is 5.54. The second kappa shape index (κ2) is 8.22. The van der Waals surface area contributed by atoms with Crippen LogP contribution in [0.5, 0.6) is 0 Å². The monoisotopic (exact) mass is 422 g/mol. The highest BCUT2D eigenvalue weighted by atomic mass is 19.4. The number of carbonyl (C=O) groups is 2. The van der Waals surface area contributed by atoms with Gasteiger partial charge in [-0.3, -0.25) is 9.59 Å². The molecule has 1 aromatic heterocycles. The number of likely N-dealkylation sites (tertiary alicyclic amines) is 1. The SMILES string of the molecule is Cc1nn(-c2cccc(C(F)(F)F)c2)c(C)c1C(=O)C(=O)N1CCCC(N(C)C)C1. The first-order valence-electron chi connectivity index (χ1n) is 9.74. The molecule has 1 aliphatic heterocycles. The molecule has 6 nitrogen and oxygen atoms in total. The van der Waals surface area contributed by atoms with E-state index in [-0.39, 0.29) is 17.3 Å². The van der Waals surface area contributed by atoms with Crippen LogP contribution < -0.4 is 0 Å². The van der Waals surface area contributed by atoms with Gasteiger partial charge in [0.1, 0.15) is 0 Å². The van der Waals surface area contributed by atoms with Crippen LogP contribution in [0.4, 0.5) is 13.2 Å². The summed E-state index contributed by atoms with van der Waals surface area (Å²) in [5.41, 5.74) is 0.169. The van der Waals surface area contributed by atoms with Gasteiger partial charge in [0, 0.05) is 19.1 Å². The Bertz CT molecular complexity index is 966. The van der Waals surface area contributed by atoms with Crippen LogP contribution in [0.2, 0.25) is 0 Å². The highest BCUT2D eigenvalue weighted by molar-refractivity contribution is 6.43. The van der Waals surface area contributed by atoms with Gasteiger partial charge in [-0.1, -0.05) is 6.07 Å². The van der Waals surface area contributed by atoms with Crippen LogP contribution in [0, 0.1) is 13.8 Å². The summed E-state index contributed by atoms with van der Waals surface area (Å²) in [6.07, 6.45) is -2.72. The number of amides is 1. The zero-order valence-corrected chi connectivity index (χ0v) is 17.5. The van der Waals surface area contributed by atoms with Gasteiger partial charge in [0.05, 0.1) is 28.2 Å². The number of aryl methyl sites for hydroxylation is 1. The molecule has 1 aromatic carbocycles. The Morgan fingerprint density at radius 2 is 1.90 bits per heavy atom. The van der Waals surface area contributed by atoms with Crippen molar-refractivity contribution in [3.05, 3.63) is 46.8 Å². The van der Waals surface area contributed by atoms with Gasteiger partial charge >= 0.3 is 6.18 Å². The molecule has 0 N–H and O–H groups in total. The van der Waals surface area contributed by atoms with Crippen LogP contribution in [0.3, 0.4) is 0 Å². The highest BCUT2D eigenvalue weighted by Gasteiger charge is 2.33. The molecule has 2 heterocycles. The first-order chi connectivity index (χ1) is 14.0. The average Bonchev–Trinajstić information content (AvgIpc) is 3.00. The lowest BCUT2D eigenvalue weighted by atomic mass is 10.0. The number of likely N-dealkylation sites (N-methyl/N-ethyl adjacent to an activating group) is 1. The van der Waals surface area contributed by atoms with Crippen molar-refractivity contribution in [2.24, 2.45) is 0 Å². The summed E-state index contributed by atoms with van der Waals surface area (Å²) in [4.78, 5) is 29.5. The minimum Gasteiger partial charge on any atom is -0.334 e. The van der Waals surface area contributed by atoms with Crippen molar-refractivity contribution in [1.82, 2.24) is 19.6 Å². The number of piperidine rings is 1. The van der Waals surface area contributed by atoms with Gasteiger partial charge in [-0.05, 0) is 59.0 Å². The molecule has 1 saturated heterocycles. The van der Waals surface area contributed by atoms with Gasteiger partial charge in [-0.25, -0.2) is 4.68 Å². The summed E-state index contributed by atoms with van der Waals surface area (Å²) >= 11 is 0. The fraction of sp³-hybridized carbons (Fsp3) is 0.476. The van der Waals surface area contributed by atoms with Crippen LogP contribution in [-0.4, -0.2) is 64.5 Å². The molecule has 0 bridgehead atoms. The maximum absolute atomic E-state index is 13.1. The smallest absolute Gasteiger partial charge is 0.334 e. The average molecular weight is 422 g/mol. The van der Waals surface area contributed by atoms with Crippen molar-refractivity contribution in [1.29, 1.82) is 0 Å². The molecular formula is C21H25F3N4O2. The van der Waals surface area contributed by atoms with Gasteiger partial charge in [-0.2, -0.15) is 18.3 Å². The Kier molecular flexibility index (Phi) is 6.03. The quantitative estimate of drug-likeness (QED) is 0.561. The van der Waals surface area contributed by atoms with Crippen molar-refractivity contribution in [3.8, 4) is 5.69 Å². The van der Waals surface area contributed by atoms with Crippen LogP contribution in [0.15, 0.2) is 24.3 Å². The van der Waals surface area contributed by atoms with E-state index in [1.807, 2.05) is 19.0 Å². The topological polar surface area (TPSA) is 58.4 Å².